The van der Waals surface area contributed by atoms with Crippen LogP contribution in [0, 0.1) is 5.41 Å². The van der Waals surface area contributed by atoms with Gasteiger partial charge in [-0.2, -0.15) is 11.8 Å². The molecule has 3 heteroatoms. The third-order valence-corrected chi connectivity index (χ3v) is 4.22. The van der Waals surface area contributed by atoms with Gasteiger partial charge in [0, 0.05) is 25.4 Å². The molecule has 0 aromatic heterocycles. The highest BCUT2D eigenvalue weighted by Gasteiger charge is 2.25. The van der Waals surface area contributed by atoms with E-state index in [0.29, 0.717) is 12.1 Å². The Bertz CT molecular complexity index is 173. The highest BCUT2D eigenvalue weighted by Crippen LogP contribution is 2.22. The zero-order valence-corrected chi connectivity index (χ0v) is 11.3. The minimum Gasteiger partial charge on any atom is -0.380 e. The molecule has 0 aromatic rings. The van der Waals surface area contributed by atoms with Crippen LogP contribution in [-0.2, 0) is 4.74 Å². The summed E-state index contributed by atoms with van der Waals surface area (Å²) in [5, 5.41) is 3.63. The molecule has 0 aliphatic carbocycles. The van der Waals surface area contributed by atoms with Crippen LogP contribution in [0.5, 0.6) is 0 Å². The van der Waals surface area contributed by atoms with Crippen LogP contribution < -0.4 is 5.32 Å². The quantitative estimate of drug-likeness (QED) is 0.803. The van der Waals surface area contributed by atoms with Gasteiger partial charge in [-0.25, -0.2) is 0 Å². The Morgan fingerprint density at radius 1 is 1.47 bits per heavy atom. The van der Waals surface area contributed by atoms with Gasteiger partial charge in [0.1, 0.15) is 0 Å². The van der Waals surface area contributed by atoms with E-state index in [0.717, 1.165) is 6.54 Å². The van der Waals surface area contributed by atoms with Gasteiger partial charge in [0.05, 0.1) is 6.10 Å². The molecule has 0 bridgehead atoms. The summed E-state index contributed by atoms with van der Waals surface area (Å²) in [6, 6.07) is 0.698. The fourth-order valence-electron chi connectivity index (χ4n) is 1.92. The van der Waals surface area contributed by atoms with Gasteiger partial charge in [0.2, 0.25) is 0 Å². The Morgan fingerprint density at radius 2 is 2.20 bits per heavy atom. The molecule has 0 aromatic carbocycles. The van der Waals surface area contributed by atoms with Crippen LogP contribution >= 0.6 is 11.8 Å². The molecule has 15 heavy (non-hydrogen) atoms. The van der Waals surface area contributed by atoms with Crippen molar-refractivity contribution in [2.75, 3.05) is 25.2 Å². The third kappa shape index (κ3) is 4.75. The van der Waals surface area contributed by atoms with E-state index < -0.39 is 0 Å². The summed E-state index contributed by atoms with van der Waals surface area (Å²) in [4.78, 5) is 0. The summed E-state index contributed by atoms with van der Waals surface area (Å²) < 4.78 is 5.54. The van der Waals surface area contributed by atoms with Gasteiger partial charge in [0.15, 0.2) is 0 Å². The van der Waals surface area contributed by atoms with Gasteiger partial charge in [-0.05, 0) is 24.0 Å². The lowest BCUT2D eigenvalue weighted by atomic mass is 9.89. The summed E-state index contributed by atoms with van der Waals surface area (Å²) in [7, 11) is 1.81. The average Bonchev–Trinajstić information content (AvgIpc) is 2.18. The van der Waals surface area contributed by atoms with E-state index in [4.69, 9.17) is 4.74 Å². The molecule has 0 radical (unpaired) electrons. The van der Waals surface area contributed by atoms with Crippen molar-refractivity contribution in [2.45, 2.75) is 45.8 Å². The van der Waals surface area contributed by atoms with Crippen molar-refractivity contribution in [1.29, 1.82) is 0 Å². The highest BCUT2D eigenvalue weighted by molar-refractivity contribution is 7.99. The van der Waals surface area contributed by atoms with Crippen LogP contribution in [-0.4, -0.2) is 37.3 Å². The molecule has 0 spiro atoms. The molecule has 2 nitrogen and oxygen atoms in total. The Morgan fingerprint density at radius 3 is 2.67 bits per heavy atom. The lowest BCUT2D eigenvalue weighted by molar-refractivity contribution is 0.0159. The number of methoxy groups -OCH3 is 1. The first-order valence-electron chi connectivity index (χ1n) is 5.88. The monoisotopic (exact) mass is 231 g/mol. The van der Waals surface area contributed by atoms with E-state index in [1.54, 1.807) is 0 Å². The molecule has 0 saturated carbocycles. The van der Waals surface area contributed by atoms with E-state index >= 15 is 0 Å². The summed E-state index contributed by atoms with van der Waals surface area (Å²) in [5.41, 5.74) is 0.226. The van der Waals surface area contributed by atoms with Crippen LogP contribution in [0.3, 0.4) is 0 Å². The third-order valence-electron chi connectivity index (χ3n) is 3.00. The van der Waals surface area contributed by atoms with Gasteiger partial charge in [-0.15, -0.1) is 0 Å². The molecule has 1 aliphatic heterocycles. The fourth-order valence-corrected chi connectivity index (χ4v) is 3.02. The van der Waals surface area contributed by atoms with Crippen LogP contribution in [0.15, 0.2) is 0 Å². The van der Waals surface area contributed by atoms with Crippen molar-refractivity contribution in [3.8, 4) is 0 Å². The Labute approximate surface area is 98.5 Å². The van der Waals surface area contributed by atoms with E-state index in [2.05, 4.69) is 37.8 Å². The summed E-state index contributed by atoms with van der Waals surface area (Å²) in [5.74, 6) is 2.60. The van der Waals surface area contributed by atoms with E-state index in [1.165, 1.54) is 24.3 Å². The largest absolute Gasteiger partial charge is 0.380 e. The minimum atomic E-state index is 0.226. The Hall–Kier alpha value is 0.270. The van der Waals surface area contributed by atoms with Gasteiger partial charge in [0.25, 0.3) is 0 Å². The number of nitrogens with one attached hydrogen (secondary N) is 1. The highest BCUT2D eigenvalue weighted by atomic mass is 32.2. The van der Waals surface area contributed by atoms with Crippen molar-refractivity contribution < 1.29 is 4.74 Å². The fraction of sp³-hybridized carbons (Fsp3) is 1.00. The van der Waals surface area contributed by atoms with Crippen LogP contribution in [0.1, 0.15) is 33.6 Å². The van der Waals surface area contributed by atoms with Crippen molar-refractivity contribution in [3.05, 3.63) is 0 Å². The SMILES string of the molecule is COC(CNC1CCCSC1)C(C)(C)C. The zero-order chi connectivity index (χ0) is 11.3. The smallest absolute Gasteiger partial charge is 0.0743 e. The van der Waals surface area contributed by atoms with Gasteiger partial charge in [-0.1, -0.05) is 20.8 Å². The van der Waals surface area contributed by atoms with Crippen LogP contribution in [0.2, 0.25) is 0 Å². The van der Waals surface area contributed by atoms with Crippen LogP contribution in [0.4, 0.5) is 0 Å². The molecule has 1 heterocycles. The lowest BCUT2D eigenvalue weighted by Gasteiger charge is -2.32. The average molecular weight is 231 g/mol. The van der Waals surface area contributed by atoms with Crippen molar-refractivity contribution in [3.63, 3.8) is 0 Å². The van der Waals surface area contributed by atoms with E-state index in [-0.39, 0.29) is 5.41 Å². The molecule has 1 fully saturated rings. The number of rotatable bonds is 4. The molecule has 1 N–H and O–H groups in total. The molecule has 2 atom stereocenters. The molecule has 1 saturated heterocycles. The number of ether oxygens (including phenoxy) is 1. The molecule has 0 amide bonds. The molecular formula is C12H25NOS. The number of hydrogen-bond donors (Lipinski definition) is 1. The normalized spacial score (nSPS) is 25.2. The predicted octanol–water partition coefficient (Wildman–Crippen LogP) is 2.53. The number of hydrogen-bond acceptors (Lipinski definition) is 3. The first-order valence-corrected chi connectivity index (χ1v) is 7.03. The van der Waals surface area contributed by atoms with E-state index in [9.17, 15) is 0 Å². The maximum absolute atomic E-state index is 5.54. The lowest BCUT2D eigenvalue weighted by Crippen LogP contribution is -2.43. The maximum atomic E-state index is 5.54. The second kappa shape index (κ2) is 6.12. The number of thioether (sulfide) groups is 1. The topological polar surface area (TPSA) is 21.3 Å². The summed E-state index contributed by atoms with van der Waals surface area (Å²) in [6.07, 6.45) is 2.99. The van der Waals surface area contributed by atoms with Gasteiger partial charge < -0.3 is 10.1 Å². The Balaban J connectivity index is 2.27. The Kier molecular flexibility index (Phi) is 5.44. The van der Waals surface area contributed by atoms with E-state index in [1.807, 2.05) is 7.11 Å². The molecule has 90 valence electrons. The van der Waals surface area contributed by atoms with Crippen molar-refractivity contribution in [2.24, 2.45) is 5.41 Å². The van der Waals surface area contributed by atoms with Crippen LogP contribution in [0.25, 0.3) is 0 Å². The molecule has 1 aliphatic rings. The van der Waals surface area contributed by atoms with Crippen molar-refractivity contribution >= 4 is 11.8 Å². The molecule has 1 rings (SSSR count). The van der Waals surface area contributed by atoms with Crippen molar-refractivity contribution in [1.82, 2.24) is 5.32 Å². The molecular weight excluding hydrogens is 206 g/mol. The summed E-state index contributed by atoms with van der Waals surface area (Å²) in [6.45, 7) is 7.68. The predicted molar refractivity (Wildman–Crippen MR) is 68.6 cm³/mol. The molecule has 2 unspecified atom stereocenters. The van der Waals surface area contributed by atoms with Gasteiger partial charge >= 0.3 is 0 Å². The summed E-state index contributed by atoms with van der Waals surface area (Å²) >= 11 is 2.07. The zero-order valence-electron chi connectivity index (χ0n) is 10.5. The standard InChI is InChI=1S/C12H25NOS/c1-12(2,3)11(14-4)8-13-10-6-5-7-15-9-10/h10-11,13H,5-9H2,1-4H3. The van der Waals surface area contributed by atoms with Gasteiger partial charge in [-0.3, -0.25) is 0 Å². The second-order valence-corrected chi connectivity index (χ2v) is 6.56. The first-order chi connectivity index (χ1) is 7.04. The second-order valence-electron chi connectivity index (χ2n) is 5.41. The maximum Gasteiger partial charge on any atom is 0.0743 e. The first kappa shape index (κ1) is 13.3. The minimum absolute atomic E-state index is 0.226.